The minimum Gasteiger partial charge on any atom is -0.496 e. The fraction of sp³-hybridized carbons (Fsp3) is 0.500. The molecule has 1 fully saturated rings. The molecule has 1 saturated heterocycles. The number of ketones is 1. The Balaban J connectivity index is 0.000000753. The average molecular weight is 697 g/mol. The van der Waals surface area contributed by atoms with E-state index in [1.54, 1.807) is 25.3 Å². The van der Waals surface area contributed by atoms with E-state index < -0.39 is 11.9 Å². The van der Waals surface area contributed by atoms with Gasteiger partial charge in [-0.3, -0.25) is 14.5 Å². The number of carbonyl (C=O) groups is 4. The molecule has 50 heavy (non-hydrogen) atoms. The maximum Gasteiger partial charge on any atom is 0.328 e. The Hall–Kier alpha value is -4.58. The van der Waals surface area contributed by atoms with Gasteiger partial charge in [-0.05, 0) is 63.0 Å². The van der Waals surface area contributed by atoms with E-state index in [-0.39, 0.29) is 29.6 Å². The average Bonchev–Trinajstić information content (AvgIpc) is 3.50. The summed E-state index contributed by atoms with van der Waals surface area (Å²) in [6.07, 6.45) is 11.5. The highest BCUT2D eigenvalue weighted by Crippen LogP contribution is 2.33. The molecule has 1 atom stereocenters. The van der Waals surface area contributed by atoms with Gasteiger partial charge in [-0.2, -0.15) is 0 Å². The van der Waals surface area contributed by atoms with Gasteiger partial charge in [0, 0.05) is 54.5 Å². The van der Waals surface area contributed by atoms with Crippen molar-refractivity contribution in [3.63, 3.8) is 0 Å². The number of ether oxygens (including phenoxy) is 2. The van der Waals surface area contributed by atoms with Gasteiger partial charge >= 0.3 is 17.9 Å². The van der Waals surface area contributed by atoms with Gasteiger partial charge in [0.1, 0.15) is 17.7 Å². The number of unbranched alkanes of at least 4 members (excludes halogenated alkanes) is 6. The van der Waals surface area contributed by atoms with Gasteiger partial charge in [0.15, 0.2) is 11.4 Å². The Kier molecular flexibility index (Phi) is 16.6. The first-order valence-electron chi connectivity index (χ1n) is 17.3. The molecular formula is C38H49FN2O9. The first-order chi connectivity index (χ1) is 24.0. The van der Waals surface area contributed by atoms with Gasteiger partial charge in [0.25, 0.3) is 0 Å². The van der Waals surface area contributed by atoms with Gasteiger partial charge < -0.3 is 24.2 Å². The van der Waals surface area contributed by atoms with Crippen LogP contribution >= 0.6 is 0 Å². The number of Topliss-reactive ketones (excluding diaryl/α,β-unsaturated/α-hetero) is 1. The molecule has 11 nitrogen and oxygen atoms in total. The number of benzene rings is 2. The normalized spacial score (nSPS) is 14.2. The van der Waals surface area contributed by atoms with E-state index in [4.69, 9.17) is 24.2 Å². The number of esters is 1. The molecule has 4 rings (SSSR count). The lowest BCUT2D eigenvalue weighted by Crippen LogP contribution is -2.41. The third-order valence-corrected chi connectivity index (χ3v) is 8.69. The summed E-state index contributed by atoms with van der Waals surface area (Å²) in [5, 5.41) is 20.8. The second-order valence-corrected chi connectivity index (χ2v) is 12.6. The molecule has 3 aromatic rings. The highest BCUT2D eigenvalue weighted by atomic mass is 19.1. The quantitative estimate of drug-likeness (QED) is 0.0593. The van der Waals surface area contributed by atoms with Crippen LogP contribution in [-0.4, -0.2) is 76.8 Å². The number of carboxylic acids is 2. The van der Waals surface area contributed by atoms with E-state index in [0.29, 0.717) is 48.4 Å². The van der Waals surface area contributed by atoms with Crippen LogP contribution in [0.4, 0.5) is 4.39 Å². The van der Waals surface area contributed by atoms with E-state index >= 15 is 0 Å². The molecule has 0 spiro atoms. The number of halogens is 1. The fourth-order valence-corrected chi connectivity index (χ4v) is 6.04. The number of methoxy groups -OCH3 is 1. The summed E-state index contributed by atoms with van der Waals surface area (Å²) < 4.78 is 30.7. The van der Waals surface area contributed by atoms with Crippen LogP contribution < -0.4 is 4.74 Å². The predicted octanol–water partition coefficient (Wildman–Crippen LogP) is 7.36. The van der Waals surface area contributed by atoms with Crippen molar-refractivity contribution < 1.29 is 47.8 Å². The lowest BCUT2D eigenvalue weighted by molar-refractivity contribution is -0.150. The molecule has 2 heterocycles. The number of piperidine rings is 1. The molecular weight excluding hydrogens is 647 g/mol. The molecule has 1 aliphatic rings. The first-order valence-corrected chi connectivity index (χ1v) is 17.3. The minimum atomic E-state index is -1.26. The first kappa shape index (κ1) is 39.9. The van der Waals surface area contributed by atoms with Crippen molar-refractivity contribution in [1.82, 2.24) is 10.1 Å². The zero-order valence-corrected chi connectivity index (χ0v) is 29.2. The summed E-state index contributed by atoms with van der Waals surface area (Å²) >= 11 is 0. The van der Waals surface area contributed by atoms with Crippen LogP contribution in [0.3, 0.4) is 0 Å². The van der Waals surface area contributed by atoms with Crippen LogP contribution in [-0.2, 0) is 25.5 Å². The summed E-state index contributed by atoms with van der Waals surface area (Å²) in [5.41, 5.74) is 2.86. The molecule has 12 heteroatoms. The van der Waals surface area contributed by atoms with E-state index in [0.717, 1.165) is 61.8 Å². The van der Waals surface area contributed by atoms with E-state index in [9.17, 15) is 23.6 Å². The molecule has 1 aliphatic heterocycles. The maximum absolute atomic E-state index is 13.6. The van der Waals surface area contributed by atoms with Gasteiger partial charge in [-0.15, -0.1) is 0 Å². The summed E-state index contributed by atoms with van der Waals surface area (Å²) in [6.45, 7) is 6.01. The predicted molar refractivity (Wildman–Crippen MR) is 186 cm³/mol. The number of fused-ring (bicyclic) bond motifs is 1. The van der Waals surface area contributed by atoms with Crippen molar-refractivity contribution in [2.24, 2.45) is 0 Å². The number of aliphatic carboxylic acids is 2. The lowest BCUT2D eigenvalue weighted by atomic mass is 9.91. The minimum absolute atomic E-state index is 0.0228. The van der Waals surface area contributed by atoms with Gasteiger partial charge in [-0.25, -0.2) is 14.0 Å². The molecule has 272 valence electrons. The smallest absolute Gasteiger partial charge is 0.328 e. The van der Waals surface area contributed by atoms with Crippen LogP contribution in [0.5, 0.6) is 5.75 Å². The van der Waals surface area contributed by atoms with E-state index in [2.05, 4.69) is 17.0 Å². The summed E-state index contributed by atoms with van der Waals surface area (Å²) in [5.74, 6) is -2.18. The highest BCUT2D eigenvalue weighted by molar-refractivity contribution is 5.94. The Bertz CT molecular complexity index is 1580. The number of nitrogens with zero attached hydrogens (tertiary/aromatic N) is 2. The third kappa shape index (κ3) is 13.4. The molecule has 0 saturated carbocycles. The van der Waals surface area contributed by atoms with Gasteiger partial charge in [0.2, 0.25) is 0 Å². The van der Waals surface area contributed by atoms with Crippen molar-refractivity contribution in [1.29, 1.82) is 0 Å². The number of aromatic nitrogens is 1. The molecule has 0 amide bonds. The fourth-order valence-electron chi connectivity index (χ4n) is 6.04. The molecule has 1 unspecified atom stereocenters. The van der Waals surface area contributed by atoms with Crippen LogP contribution in [0, 0.1) is 5.82 Å². The molecule has 2 N–H and O–H groups in total. The molecule has 2 aromatic carbocycles. The summed E-state index contributed by atoms with van der Waals surface area (Å²) in [6, 6.07) is 10.0. The number of likely N-dealkylation sites (tertiary alicyclic amines) is 1. The Morgan fingerprint density at radius 3 is 2.26 bits per heavy atom. The number of rotatable bonds is 18. The van der Waals surface area contributed by atoms with Crippen molar-refractivity contribution in [3.05, 3.63) is 71.2 Å². The monoisotopic (exact) mass is 696 g/mol. The number of hydrogen-bond acceptors (Lipinski definition) is 9. The second-order valence-electron chi connectivity index (χ2n) is 12.6. The van der Waals surface area contributed by atoms with Crippen LogP contribution in [0.2, 0.25) is 0 Å². The van der Waals surface area contributed by atoms with Crippen LogP contribution in [0.15, 0.2) is 53.1 Å². The molecule has 0 aliphatic carbocycles. The second kappa shape index (κ2) is 20.8. The standard InChI is InChI=1S/C34H45FN2O5.C4H4O4/c1-4-5-6-7-8-9-10-11-33(39)41-29(20-27-13-12-26(24(2)38)21-31(27)40-3)23-37-18-16-25(17-19-37)34-30-15-14-28(35)22-32(30)42-36-34;5-3(6)1-2-4(7)8/h12-15,21-22,25,29H,4-11,16-20,23H2,1-3H3;1-2H,(H,5,6)(H,7,8)/b;2-1+. The molecule has 0 bridgehead atoms. The molecule has 0 radical (unpaired) electrons. The van der Waals surface area contributed by atoms with Gasteiger partial charge in [0.05, 0.1) is 12.8 Å². The van der Waals surface area contributed by atoms with Crippen LogP contribution in [0.25, 0.3) is 11.0 Å². The van der Waals surface area contributed by atoms with Crippen LogP contribution in [0.1, 0.15) is 106 Å². The Labute approximate surface area is 292 Å². The van der Waals surface area contributed by atoms with Crippen molar-refractivity contribution in [3.8, 4) is 5.75 Å². The Morgan fingerprint density at radius 2 is 1.64 bits per heavy atom. The van der Waals surface area contributed by atoms with Crippen molar-refractivity contribution >= 4 is 34.7 Å². The number of hydrogen-bond donors (Lipinski definition) is 2. The lowest BCUT2D eigenvalue weighted by Gasteiger charge is -2.33. The van der Waals surface area contributed by atoms with Gasteiger partial charge in [-0.1, -0.05) is 62.7 Å². The summed E-state index contributed by atoms with van der Waals surface area (Å²) in [4.78, 5) is 46.2. The SMILES string of the molecule is CCCCCCCCCC(=O)OC(Cc1ccc(C(C)=O)cc1OC)CN1CCC(c2noc3cc(F)ccc23)CC1.O=C(O)/C=C/C(=O)O. The topological polar surface area (TPSA) is 156 Å². The largest absolute Gasteiger partial charge is 0.496 e. The Morgan fingerprint density at radius 1 is 0.980 bits per heavy atom. The van der Waals surface area contributed by atoms with Crippen molar-refractivity contribution in [2.75, 3.05) is 26.7 Å². The molecule has 1 aromatic heterocycles. The number of carbonyl (C=O) groups excluding carboxylic acids is 2. The summed E-state index contributed by atoms with van der Waals surface area (Å²) in [7, 11) is 1.59. The third-order valence-electron chi connectivity index (χ3n) is 8.69. The maximum atomic E-state index is 13.6. The zero-order chi connectivity index (χ0) is 36.5. The van der Waals surface area contributed by atoms with E-state index in [1.165, 1.54) is 44.7 Å². The highest BCUT2D eigenvalue weighted by Gasteiger charge is 2.28. The van der Waals surface area contributed by atoms with E-state index in [1.807, 2.05) is 6.07 Å². The zero-order valence-electron chi connectivity index (χ0n) is 29.2. The van der Waals surface area contributed by atoms with Crippen molar-refractivity contribution in [2.45, 2.75) is 96.5 Å². The number of carboxylic acid groups (broad SMARTS) is 2.